The van der Waals surface area contributed by atoms with Crippen molar-refractivity contribution in [3.63, 3.8) is 0 Å². The SMILES string of the molecule is COc1ccc(CN(C(=O)c2cccc(Br)c2)C2CC2)cc1. The average Bonchev–Trinajstić information content (AvgIpc) is 3.37. The minimum Gasteiger partial charge on any atom is -0.497 e. The summed E-state index contributed by atoms with van der Waals surface area (Å²) in [5.41, 5.74) is 1.85. The van der Waals surface area contributed by atoms with E-state index >= 15 is 0 Å². The van der Waals surface area contributed by atoms with Gasteiger partial charge in [0.15, 0.2) is 0 Å². The summed E-state index contributed by atoms with van der Waals surface area (Å²) in [7, 11) is 1.66. The van der Waals surface area contributed by atoms with E-state index in [4.69, 9.17) is 4.74 Å². The van der Waals surface area contributed by atoms with Crippen LogP contribution in [-0.4, -0.2) is 24.0 Å². The Bertz CT molecular complexity index is 665. The van der Waals surface area contributed by atoms with Crippen molar-refractivity contribution in [1.82, 2.24) is 4.90 Å². The molecule has 2 aromatic rings. The summed E-state index contributed by atoms with van der Waals surface area (Å²) in [5, 5.41) is 0. The van der Waals surface area contributed by atoms with E-state index in [1.165, 1.54) is 0 Å². The van der Waals surface area contributed by atoms with Gasteiger partial charge in [0.25, 0.3) is 5.91 Å². The van der Waals surface area contributed by atoms with E-state index in [9.17, 15) is 4.79 Å². The van der Waals surface area contributed by atoms with Gasteiger partial charge in [-0.3, -0.25) is 4.79 Å². The zero-order valence-electron chi connectivity index (χ0n) is 12.5. The first kappa shape index (κ1) is 15.1. The highest BCUT2D eigenvalue weighted by molar-refractivity contribution is 9.10. The lowest BCUT2D eigenvalue weighted by Crippen LogP contribution is -2.32. The monoisotopic (exact) mass is 359 g/mol. The van der Waals surface area contributed by atoms with E-state index in [0.717, 1.165) is 34.2 Å². The molecule has 4 heteroatoms. The molecule has 1 aliphatic rings. The zero-order valence-corrected chi connectivity index (χ0v) is 14.0. The predicted octanol–water partition coefficient (Wildman–Crippen LogP) is 4.26. The second-order valence-electron chi connectivity index (χ2n) is 5.52. The van der Waals surface area contributed by atoms with Gasteiger partial charge < -0.3 is 9.64 Å². The van der Waals surface area contributed by atoms with Gasteiger partial charge in [-0.2, -0.15) is 0 Å². The summed E-state index contributed by atoms with van der Waals surface area (Å²) in [6.07, 6.45) is 2.19. The highest BCUT2D eigenvalue weighted by atomic mass is 79.9. The van der Waals surface area contributed by atoms with E-state index < -0.39 is 0 Å². The fourth-order valence-corrected chi connectivity index (χ4v) is 2.87. The highest BCUT2D eigenvalue weighted by Crippen LogP contribution is 2.30. The number of ether oxygens (including phenoxy) is 1. The van der Waals surface area contributed by atoms with Gasteiger partial charge in [0.2, 0.25) is 0 Å². The first-order valence-corrected chi connectivity index (χ1v) is 8.16. The summed E-state index contributed by atoms with van der Waals surface area (Å²) in [6.45, 7) is 0.639. The van der Waals surface area contributed by atoms with Crippen LogP contribution < -0.4 is 4.74 Å². The third-order valence-corrected chi connectivity index (χ3v) is 4.33. The molecule has 0 spiro atoms. The van der Waals surface area contributed by atoms with E-state index in [1.807, 2.05) is 53.4 Å². The Balaban J connectivity index is 1.79. The fourth-order valence-electron chi connectivity index (χ4n) is 2.47. The topological polar surface area (TPSA) is 29.5 Å². The van der Waals surface area contributed by atoms with Gasteiger partial charge in [0, 0.05) is 22.6 Å². The van der Waals surface area contributed by atoms with Crippen LogP contribution in [0, 0.1) is 0 Å². The maximum absolute atomic E-state index is 12.8. The van der Waals surface area contributed by atoms with Crippen molar-refractivity contribution in [2.75, 3.05) is 7.11 Å². The molecule has 3 nitrogen and oxygen atoms in total. The van der Waals surface area contributed by atoms with Gasteiger partial charge in [-0.15, -0.1) is 0 Å². The number of nitrogens with zero attached hydrogens (tertiary/aromatic N) is 1. The number of carbonyl (C=O) groups is 1. The molecular weight excluding hydrogens is 342 g/mol. The molecule has 0 bridgehead atoms. The molecule has 0 N–H and O–H groups in total. The average molecular weight is 360 g/mol. The van der Waals surface area contributed by atoms with Gasteiger partial charge in [-0.05, 0) is 48.7 Å². The number of hydrogen-bond donors (Lipinski definition) is 0. The Morgan fingerprint density at radius 1 is 1.23 bits per heavy atom. The van der Waals surface area contributed by atoms with E-state index in [1.54, 1.807) is 7.11 Å². The minimum atomic E-state index is 0.0969. The molecule has 0 unspecified atom stereocenters. The lowest BCUT2D eigenvalue weighted by molar-refractivity contribution is 0.0730. The van der Waals surface area contributed by atoms with Gasteiger partial charge >= 0.3 is 0 Å². The Labute approximate surface area is 139 Å². The molecule has 0 aromatic heterocycles. The molecule has 1 aliphatic carbocycles. The minimum absolute atomic E-state index is 0.0969. The lowest BCUT2D eigenvalue weighted by Gasteiger charge is -2.23. The van der Waals surface area contributed by atoms with Crippen LogP contribution in [0.25, 0.3) is 0 Å². The van der Waals surface area contributed by atoms with Crippen LogP contribution in [-0.2, 0) is 6.54 Å². The largest absolute Gasteiger partial charge is 0.497 e. The van der Waals surface area contributed by atoms with E-state index in [0.29, 0.717) is 12.6 Å². The molecule has 0 radical (unpaired) electrons. The van der Waals surface area contributed by atoms with Gasteiger partial charge in [0.1, 0.15) is 5.75 Å². The number of hydrogen-bond acceptors (Lipinski definition) is 2. The van der Waals surface area contributed by atoms with Crippen LogP contribution in [0.2, 0.25) is 0 Å². The first-order valence-electron chi connectivity index (χ1n) is 7.37. The number of benzene rings is 2. The molecule has 1 saturated carbocycles. The second kappa shape index (κ2) is 6.53. The number of amides is 1. The van der Waals surface area contributed by atoms with Crippen LogP contribution >= 0.6 is 15.9 Å². The fraction of sp³-hybridized carbons (Fsp3) is 0.278. The number of methoxy groups -OCH3 is 1. The summed E-state index contributed by atoms with van der Waals surface area (Å²) in [6, 6.07) is 15.9. The summed E-state index contributed by atoms with van der Waals surface area (Å²) < 4.78 is 6.11. The van der Waals surface area contributed by atoms with Crippen molar-refractivity contribution in [1.29, 1.82) is 0 Å². The van der Waals surface area contributed by atoms with Crippen molar-refractivity contribution in [2.24, 2.45) is 0 Å². The normalized spacial score (nSPS) is 13.7. The molecule has 2 aromatic carbocycles. The molecule has 0 heterocycles. The third-order valence-electron chi connectivity index (χ3n) is 3.83. The molecule has 3 rings (SSSR count). The Morgan fingerprint density at radius 3 is 2.55 bits per heavy atom. The zero-order chi connectivity index (χ0) is 15.5. The lowest BCUT2D eigenvalue weighted by atomic mass is 10.1. The summed E-state index contributed by atoms with van der Waals surface area (Å²) in [5.74, 6) is 0.930. The third kappa shape index (κ3) is 3.50. The second-order valence-corrected chi connectivity index (χ2v) is 6.44. The van der Waals surface area contributed by atoms with Crippen molar-refractivity contribution < 1.29 is 9.53 Å². The molecule has 0 aliphatic heterocycles. The molecule has 1 amide bonds. The van der Waals surface area contributed by atoms with Gasteiger partial charge in [0.05, 0.1) is 7.11 Å². The van der Waals surface area contributed by atoms with Crippen molar-refractivity contribution in [2.45, 2.75) is 25.4 Å². The van der Waals surface area contributed by atoms with Gasteiger partial charge in [-0.25, -0.2) is 0 Å². The smallest absolute Gasteiger partial charge is 0.254 e. The Morgan fingerprint density at radius 2 is 1.95 bits per heavy atom. The molecule has 114 valence electrons. The first-order chi connectivity index (χ1) is 10.7. The highest BCUT2D eigenvalue weighted by Gasteiger charge is 2.33. The maximum Gasteiger partial charge on any atom is 0.254 e. The molecule has 0 saturated heterocycles. The molecule has 0 atom stereocenters. The molecular formula is C18H18BrNO2. The van der Waals surface area contributed by atoms with Crippen molar-refractivity contribution >= 4 is 21.8 Å². The van der Waals surface area contributed by atoms with Crippen LogP contribution in [0.15, 0.2) is 53.0 Å². The number of rotatable bonds is 5. The van der Waals surface area contributed by atoms with E-state index in [2.05, 4.69) is 15.9 Å². The van der Waals surface area contributed by atoms with Gasteiger partial charge in [-0.1, -0.05) is 34.1 Å². The predicted molar refractivity (Wildman–Crippen MR) is 90.0 cm³/mol. The Kier molecular flexibility index (Phi) is 4.48. The molecule has 1 fully saturated rings. The van der Waals surface area contributed by atoms with Crippen molar-refractivity contribution in [3.05, 3.63) is 64.1 Å². The standard InChI is InChI=1S/C18H18BrNO2/c1-22-17-9-5-13(6-10-17)12-20(16-7-8-16)18(21)14-3-2-4-15(19)11-14/h2-6,9-11,16H,7-8,12H2,1H3. The van der Waals surface area contributed by atoms with Crippen LogP contribution in [0.4, 0.5) is 0 Å². The number of halogens is 1. The molecule has 22 heavy (non-hydrogen) atoms. The van der Waals surface area contributed by atoms with Crippen LogP contribution in [0.1, 0.15) is 28.8 Å². The quantitative estimate of drug-likeness (QED) is 0.797. The summed E-state index contributed by atoms with van der Waals surface area (Å²) in [4.78, 5) is 14.8. The van der Waals surface area contributed by atoms with Crippen LogP contribution in [0.5, 0.6) is 5.75 Å². The van der Waals surface area contributed by atoms with E-state index in [-0.39, 0.29) is 5.91 Å². The summed E-state index contributed by atoms with van der Waals surface area (Å²) >= 11 is 3.43. The number of carbonyl (C=O) groups excluding carboxylic acids is 1. The Hall–Kier alpha value is -1.81. The maximum atomic E-state index is 12.8. The van der Waals surface area contributed by atoms with Crippen LogP contribution in [0.3, 0.4) is 0 Å². The van der Waals surface area contributed by atoms with Crippen molar-refractivity contribution in [3.8, 4) is 5.75 Å².